The van der Waals surface area contributed by atoms with Crippen LogP contribution in [0.1, 0.15) is 49.9 Å². The van der Waals surface area contributed by atoms with Crippen molar-refractivity contribution < 1.29 is 5.11 Å². The van der Waals surface area contributed by atoms with Crippen LogP contribution >= 0.6 is 0 Å². The summed E-state index contributed by atoms with van der Waals surface area (Å²) in [5.74, 6) is 0. The predicted molar refractivity (Wildman–Crippen MR) is 65.2 cm³/mol. The Hall–Kier alpha value is -0.820. The number of hydrogen-bond donors (Lipinski definition) is 1. The molecular formula is C14H22O. The van der Waals surface area contributed by atoms with Gasteiger partial charge in [-0.3, -0.25) is 0 Å². The summed E-state index contributed by atoms with van der Waals surface area (Å²) in [6.45, 7) is 11.0. The minimum absolute atomic E-state index is 0.138. The lowest BCUT2D eigenvalue weighted by molar-refractivity contribution is 0.280. The molecule has 0 amide bonds. The molecule has 1 N–H and O–H groups in total. The second kappa shape index (κ2) is 4.36. The van der Waals surface area contributed by atoms with Crippen LogP contribution in [0.2, 0.25) is 0 Å². The van der Waals surface area contributed by atoms with Gasteiger partial charge in [-0.15, -0.1) is 0 Å². The molecule has 0 spiro atoms. The fourth-order valence-electron chi connectivity index (χ4n) is 1.97. The zero-order chi connectivity index (χ0) is 11.6. The van der Waals surface area contributed by atoms with Gasteiger partial charge in [-0.05, 0) is 41.0 Å². The van der Waals surface area contributed by atoms with Gasteiger partial charge >= 0.3 is 0 Å². The zero-order valence-electron chi connectivity index (χ0n) is 10.5. The monoisotopic (exact) mass is 206 g/mol. The zero-order valence-corrected chi connectivity index (χ0v) is 10.5. The molecule has 1 rings (SSSR count). The summed E-state index contributed by atoms with van der Waals surface area (Å²) in [5.41, 5.74) is 5.17. The first-order valence-corrected chi connectivity index (χ1v) is 5.64. The first-order chi connectivity index (χ1) is 6.90. The maximum atomic E-state index is 9.27. The van der Waals surface area contributed by atoms with Gasteiger partial charge in [0, 0.05) is 0 Å². The molecule has 0 radical (unpaired) electrons. The van der Waals surface area contributed by atoms with Crippen LogP contribution in [-0.4, -0.2) is 5.11 Å². The number of rotatable bonds is 2. The lowest BCUT2D eigenvalue weighted by atomic mass is 9.81. The molecule has 0 fully saturated rings. The molecule has 0 bridgehead atoms. The highest BCUT2D eigenvalue weighted by atomic mass is 16.3. The molecule has 1 aromatic rings. The first kappa shape index (κ1) is 12.3. The molecular weight excluding hydrogens is 184 g/mol. The molecule has 0 saturated carbocycles. The van der Waals surface area contributed by atoms with E-state index in [1.807, 2.05) is 0 Å². The molecule has 0 aliphatic carbocycles. The Morgan fingerprint density at radius 3 is 2.13 bits per heavy atom. The van der Waals surface area contributed by atoms with Crippen molar-refractivity contribution in [1.29, 1.82) is 0 Å². The minimum Gasteiger partial charge on any atom is -0.392 e. The number of benzene rings is 1. The summed E-state index contributed by atoms with van der Waals surface area (Å²) >= 11 is 0. The van der Waals surface area contributed by atoms with Gasteiger partial charge in [0.15, 0.2) is 0 Å². The highest BCUT2D eigenvalue weighted by Gasteiger charge is 2.18. The molecule has 1 nitrogen and oxygen atoms in total. The summed E-state index contributed by atoms with van der Waals surface area (Å²) in [7, 11) is 0. The van der Waals surface area contributed by atoms with Crippen molar-refractivity contribution in [2.75, 3.05) is 0 Å². The van der Waals surface area contributed by atoms with E-state index in [-0.39, 0.29) is 12.0 Å². The molecule has 0 heterocycles. The van der Waals surface area contributed by atoms with Crippen molar-refractivity contribution in [3.63, 3.8) is 0 Å². The van der Waals surface area contributed by atoms with Gasteiger partial charge in [0.1, 0.15) is 0 Å². The highest BCUT2D eigenvalue weighted by Crippen LogP contribution is 2.29. The van der Waals surface area contributed by atoms with E-state index in [2.05, 4.69) is 46.8 Å². The van der Waals surface area contributed by atoms with Crippen molar-refractivity contribution in [1.82, 2.24) is 0 Å². The van der Waals surface area contributed by atoms with E-state index in [4.69, 9.17) is 0 Å². The fourth-order valence-corrected chi connectivity index (χ4v) is 1.97. The normalized spacial score (nSPS) is 11.9. The average Bonchev–Trinajstić information content (AvgIpc) is 2.15. The van der Waals surface area contributed by atoms with Gasteiger partial charge in [-0.25, -0.2) is 0 Å². The van der Waals surface area contributed by atoms with Crippen LogP contribution in [0.5, 0.6) is 0 Å². The van der Waals surface area contributed by atoms with Gasteiger partial charge in [0.25, 0.3) is 0 Å². The van der Waals surface area contributed by atoms with Crippen LogP contribution in [0.4, 0.5) is 0 Å². The Morgan fingerprint density at radius 1 is 1.13 bits per heavy atom. The maximum Gasteiger partial charge on any atom is 0.0684 e. The predicted octanol–water partition coefficient (Wildman–Crippen LogP) is 3.35. The van der Waals surface area contributed by atoms with Gasteiger partial charge in [0.2, 0.25) is 0 Å². The molecule has 15 heavy (non-hydrogen) atoms. The van der Waals surface area contributed by atoms with Crippen molar-refractivity contribution in [2.45, 2.75) is 53.1 Å². The van der Waals surface area contributed by atoms with Crippen LogP contribution in [0.25, 0.3) is 0 Å². The fraction of sp³-hybridized carbons (Fsp3) is 0.571. The van der Waals surface area contributed by atoms with E-state index in [9.17, 15) is 5.11 Å². The summed E-state index contributed by atoms with van der Waals surface area (Å²) < 4.78 is 0. The Kier molecular flexibility index (Phi) is 3.56. The number of aliphatic hydroxyl groups excluding tert-OH is 1. The van der Waals surface area contributed by atoms with Gasteiger partial charge < -0.3 is 5.11 Å². The Labute approximate surface area is 93.1 Å². The third kappa shape index (κ3) is 2.60. The van der Waals surface area contributed by atoms with E-state index in [0.29, 0.717) is 0 Å². The first-order valence-electron chi connectivity index (χ1n) is 5.64. The van der Waals surface area contributed by atoms with Crippen molar-refractivity contribution in [3.05, 3.63) is 34.4 Å². The van der Waals surface area contributed by atoms with Crippen LogP contribution in [-0.2, 0) is 18.4 Å². The second-order valence-corrected chi connectivity index (χ2v) is 5.20. The van der Waals surface area contributed by atoms with E-state index in [1.54, 1.807) is 0 Å². The summed E-state index contributed by atoms with van der Waals surface area (Å²) in [6.07, 6.45) is 1.05. The number of hydrogen-bond acceptors (Lipinski definition) is 1. The SMILES string of the molecule is CCc1cc(C)c(CO)cc1C(C)(C)C. The van der Waals surface area contributed by atoms with Crippen molar-refractivity contribution in [3.8, 4) is 0 Å². The van der Waals surface area contributed by atoms with E-state index >= 15 is 0 Å². The quantitative estimate of drug-likeness (QED) is 0.786. The molecule has 1 aromatic carbocycles. The Morgan fingerprint density at radius 2 is 1.73 bits per heavy atom. The standard InChI is InChI=1S/C14H22O/c1-6-11-7-10(2)12(9-15)8-13(11)14(3,4)5/h7-8,15H,6,9H2,1-5H3. The van der Waals surface area contributed by atoms with Crippen LogP contribution in [0.15, 0.2) is 12.1 Å². The lowest BCUT2D eigenvalue weighted by Gasteiger charge is -2.24. The molecule has 0 aromatic heterocycles. The average molecular weight is 206 g/mol. The molecule has 0 atom stereocenters. The molecule has 0 saturated heterocycles. The second-order valence-electron chi connectivity index (χ2n) is 5.20. The summed E-state index contributed by atoms with van der Waals surface area (Å²) in [6, 6.07) is 4.38. The smallest absolute Gasteiger partial charge is 0.0684 e. The van der Waals surface area contributed by atoms with E-state index in [1.165, 1.54) is 16.7 Å². The highest BCUT2D eigenvalue weighted by molar-refractivity contribution is 5.41. The van der Waals surface area contributed by atoms with Gasteiger partial charge in [-0.2, -0.15) is 0 Å². The van der Waals surface area contributed by atoms with Gasteiger partial charge in [-0.1, -0.05) is 39.8 Å². The molecule has 0 aliphatic rings. The molecule has 84 valence electrons. The summed E-state index contributed by atoms with van der Waals surface area (Å²) in [4.78, 5) is 0. The van der Waals surface area contributed by atoms with Crippen molar-refractivity contribution in [2.24, 2.45) is 0 Å². The van der Waals surface area contributed by atoms with E-state index in [0.717, 1.165) is 12.0 Å². The van der Waals surface area contributed by atoms with Gasteiger partial charge in [0.05, 0.1) is 6.61 Å². The van der Waals surface area contributed by atoms with Crippen LogP contribution in [0, 0.1) is 6.92 Å². The third-order valence-corrected chi connectivity index (χ3v) is 2.92. The minimum atomic E-state index is 0.138. The summed E-state index contributed by atoms with van der Waals surface area (Å²) in [5, 5.41) is 9.27. The van der Waals surface area contributed by atoms with Crippen molar-refractivity contribution >= 4 is 0 Å². The Balaban J connectivity index is 3.36. The largest absolute Gasteiger partial charge is 0.392 e. The molecule has 1 heteroatoms. The Bertz CT molecular complexity index is 345. The van der Waals surface area contributed by atoms with Crippen LogP contribution < -0.4 is 0 Å². The number of aryl methyl sites for hydroxylation is 2. The third-order valence-electron chi connectivity index (χ3n) is 2.92. The van der Waals surface area contributed by atoms with Crippen LogP contribution in [0.3, 0.4) is 0 Å². The maximum absolute atomic E-state index is 9.27. The topological polar surface area (TPSA) is 20.2 Å². The van der Waals surface area contributed by atoms with E-state index < -0.39 is 0 Å². The number of aliphatic hydroxyl groups is 1. The molecule has 0 aliphatic heterocycles. The molecule has 0 unspecified atom stereocenters. The lowest BCUT2D eigenvalue weighted by Crippen LogP contribution is -2.15.